The molecule has 0 aliphatic rings. The summed E-state index contributed by atoms with van der Waals surface area (Å²) in [6, 6.07) is 4.04. The van der Waals surface area contributed by atoms with E-state index >= 15 is 0 Å². The van der Waals surface area contributed by atoms with Gasteiger partial charge >= 0.3 is 17.9 Å². The van der Waals surface area contributed by atoms with Crippen molar-refractivity contribution in [2.75, 3.05) is 24.7 Å². The largest absolute Gasteiger partial charge is 0.461 e. The summed E-state index contributed by atoms with van der Waals surface area (Å²) in [4.78, 5) is 40.0. The minimum atomic E-state index is -0.924. The number of carbonyl (C=O) groups excluding carboxylic acids is 3. The van der Waals surface area contributed by atoms with Gasteiger partial charge in [-0.15, -0.1) is 0 Å². The summed E-state index contributed by atoms with van der Waals surface area (Å²) in [5, 5.41) is 0. The van der Waals surface area contributed by atoms with Gasteiger partial charge in [0.05, 0.1) is 23.2 Å². The molecule has 0 radical (unpaired) electrons. The maximum Gasteiger partial charge on any atom is 0.309 e. The lowest BCUT2D eigenvalue weighted by Gasteiger charge is -2.22. The molecule has 57 heavy (non-hydrogen) atoms. The first-order chi connectivity index (χ1) is 27.2. The molecule has 0 aromatic heterocycles. The van der Waals surface area contributed by atoms with E-state index in [0.29, 0.717) is 43.5 Å². The SMILES string of the molecule is CCCCCCCC/C=C\CCCCCCCC(=O)OC(COC(=O)C(CC)Cc1c(I)cc(I)c(N)c1I)COC(=O)C(CC)Cc1c(I)cc(I)c(N)c1I. The molecule has 2 unspecified atom stereocenters. The summed E-state index contributed by atoms with van der Waals surface area (Å²) < 4.78 is 23.3. The zero-order chi connectivity index (χ0) is 42.3. The molecule has 0 spiro atoms. The molecule has 0 saturated carbocycles. The number of allylic oxidation sites excluding steroid dienone is 2. The van der Waals surface area contributed by atoms with E-state index in [4.69, 9.17) is 25.7 Å². The predicted octanol–water partition coefficient (Wildman–Crippen LogP) is 13.4. The second-order valence-electron chi connectivity index (χ2n) is 14.4. The molecule has 0 fully saturated rings. The Balaban J connectivity index is 1.97. The number of rotatable bonds is 28. The Hall–Kier alpha value is 0.570. The van der Waals surface area contributed by atoms with Crippen molar-refractivity contribution < 1.29 is 28.6 Å². The summed E-state index contributed by atoms with van der Waals surface area (Å²) >= 11 is 13.5. The van der Waals surface area contributed by atoms with Crippen molar-refractivity contribution in [2.45, 2.75) is 142 Å². The number of carbonyl (C=O) groups is 3. The van der Waals surface area contributed by atoms with Crippen LogP contribution in [0.4, 0.5) is 11.4 Å². The highest BCUT2D eigenvalue weighted by Gasteiger charge is 2.28. The van der Waals surface area contributed by atoms with E-state index in [-0.39, 0.29) is 25.6 Å². The summed E-state index contributed by atoms with van der Waals surface area (Å²) in [7, 11) is 0. The van der Waals surface area contributed by atoms with E-state index in [0.717, 1.165) is 64.7 Å². The summed E-state index contributed by atoms with van der Waals surface area (Å²) in [6.07, 6.45) is 21.3. The normalized spacial score (nSPS) is 13.1. The Morgan fingerprint density at radius 2 is 1.00 bits per heavy atom. The van der Waals surface area contributed by atoms with Gasteiger partial charge in [-0.25, -0.2) is 0 Å². The molecule has 0 saturated heterocycles. The number of nitrogen functional groups attached to an aromatic ring is 2. The monoisotopic (exact) mass is 1460 g/mol. The molecule has 0 amide bonds. The average molecular weight is 1460 g/mol. The Morgan fingerprint density at radius 3 is 1.42 bits per heavy atom. The van der Waals surface area contributed by atoms with Gasteiger partial charge < -0.3 is 25.7 Å². The number of anilines is 2. The van der Waals surface area contributed by atoms with Gasteiger partial charge in [-0.3, -0.25) is 14.4 Å². The molecule has 2 aromatic carbocycles. The van der Waals surface area contributed by atoms with Crippen LogP contribution in [-0.2, 0) is 41.4 Å². The van der Waals surface area contributed by atoms with Crippen molar-refractivity contribution in [1.29, 1.82) is 0 Å². The molecule has 8 nitrogen and oxygen atoms in total. The van der Waals surface area contributed by atoms with Crippen LogP contribution in [0.25, 0.3) is 0 Å². The van der Waals surface area contributed by atoms with E-state index in [1.807, 2.05) is 26.0 Å². The van der Waals surface area contributed by atoms with Crippen LogP contribution < -0.4 is 11.5 Å². The molecule has 4 N–H and O–H groups in total. The summed E-state index contributed by atoms with van der Waals surface area (Å²) in [5.41, 5.74) is 16.1. The lowest BCUT2D eigenvalue weighted by Crippen LogP contribution is -2.33. The number of unbranched alkanes of at least 4 members (excludes halogenated alkanes) is 11. The Kier molecular flexibility index (Phi) is 28.8. The van der Waals surface area contributed by atoms with Crippen molar-refractivity contribution in [3.8, 4) is 0 Å². The minimum Gasteiger partial charge on any atom is -0.461 e. The Morgan fingerprint density at radius 1 is 0.596 bits per heavy atom. The molecule has 2 atom stereocenters. The van der Waals surface area contributed by atoms with Crippen molar-refractivity contribution in [2.24, 2.45) is 11.8 Å². The van der Waals surface area contributed by atoms with Gasteiger partial charge in [-0.2, -0.15) is 0 Å². The second kappa shape index (κ2) is 30.6. The average Bonchev–Trinajstić information content (AvgIpc) is 3.18. The lowest BCUT2D eigenvalue weighted by atomic mass is 9.96. The first-order valence-electron chi connectivity index (χ1n) is 20.3. The highest BCUT2D eigenvalue weighted by Crippen LogP contribution is 2.33. The van der Waals surface area contributed by atoms with Gasteiger partial charge in [0.25, 0.3) is 0 Å². The van der Waals surface area contributed by atoms with Crippen molar-refractivity contribution in [3.63, 3.8) is 0 Å². The van der Waals surface area contributed by atoms with E-state index in [2.05, 4.69) is 155 Å². The molecular formula is C43H60I6N2O6. The van der Waals surface area contributed by atoms with E-state index < -0.39 is 29.9 Å². The second-order valence-corrected chi connectivity index (χ2v) is 21.2. The van der Waals surface area contributed by atoms with Crippen LogP contribution >= 0.6 is 136 Å². The van der Waals surface area contributed by atoms with Crippen LogP contribution in [0, 0.1) is 33.3 Å². The fourth-order valence-electron chi connectivity index (χ4n) is 6.24. The molecule has 2 aromatic rings. The highest BCUT2D eigenvalue weighted by molar-refractivity contribution is 14.1. The van der Waals surface area contributed by atoms with Gasteiger partial charge in [0.15, 0.2) is 6.10 Å². The maximum atomic E-state index is 13.5. The molecule has 0 aliphatic heterocycles. The molecule has 0 bridgehead atoms. The third-order valence-electron chi connectivity index (χ3n) is 9.92. The van der Waals surface area contributed by atoms with Crippen LogP contribution in [0.15, 0.2) is 24.3 Å². The predicted molar refractivity (Wildman–Crippen MR) is 284 cm³/mol. The van der Waals surface area contributed by atoms with Gasteiger partial charge in [0.1, 0.15) is 13.2 Å². The van der Waals surface area contributed by atoms with Crippen molar-refractivity contribution in [1.82, 2.24) is 0 Å². The van der Waals surface area contributed by atoms with E-state index in [9.17, 15) is 14.4 Å². The van der Waals surface area contributed by atoms with Gasteiger partial charge in [0.2, 0.25) is 0 Å². The van der Waals surface area contributed by atoms with Crippen LogP contribution in [0.2, 0.25) is 0 Å². The first kappa shape index (κ1) is 53.7. The van der Waals surface area contributed by atoms with E-state index in [1.54, 1.807) is 0 Å². The fourth-order valence-corrected chi connectivity index (χ4v) is 13.9. The van der Waals surface area contributed by atoms with Gasteiger partial charge in [-0.1, -0.05) is 84.3 Å². The van der Waals surface area contributed by atoms with Crippen molar-refractivity contribution in [3.05, 3.63) is 56.8 Å². The zero-order valence-electron chi connectivity index (χ0n) is 33.6. The molecule has 0 heterocycles. The highest BCUT2D eigenvalue weighted by atomic mass is 127. The number of ether oxygens (including phenoxy) is 3. The third kappa shape index (κ3) is 20.1. The topological polar surface area (TPSA) is 131 Å². The Labute approximate surface area is 423 Å². The minimum absolute atomic E-state index is 0.204. The molecular weight excluding hydrogens is 1400 g/mol. The van der Waals surface area contributed by atoms with Gasteiger partial charge in [0, 0.05) is 27.8 Å². The zero-order valence-corrected chi connectivity index (χ0v) is 46.5. The number of benzene rings is 2. The van der Waals surface area contributed by atoms with E-state index in [1.165, 1.54) is 44.9 Å². The number of halogens is 6. The molecule has 14 heteroatoms. The standard InChI is InChI=1S/C43H60I6N2O6/c1-4-7-8-9-10-11-12-13-14-15-16-17-18-19-20-21-37(52)57-30(26-55-42(53)28(5-2)22-31-33(44)24-35(46)40(50)38(31)48)27-56-43(54)29(6-3)23-32-34(45)25-36(47)41(51)39(32)49/h13-14,24-25,28-30H,4-12,15-23,26-27,50-51H2,1-3H3/b14-13-. The summed E-state index contributed by atoms with van der Waals surface area (Å²) in [5.74, 6) is -2.01. The lowest BCUT2D eigenvalue weighted by molar-refractivity contribution is -0.169. The van der Waals surface area contributed by atoms with Crippen molar-refractivity contribution >= 4 is 165 Å². The van der Waals surface area contributed by atoms with Crippen LogP contribution in [-0.4, -0.2) is 37.2 Å². The molecule has 320 valence electrons. The van der Waals surface area contributed by atoms with Gasteiger partial charge in [-0.05, 0) is 217 Å². The molecule has 2 rings (SSSR count). The Bertz CT molecular complexity index is 1520. The third-order valence-corrected chi connectivity index (χ3v) is 16.1. The number of nitrogens with two attached hydrogens (primary N) is 2. The fraction of sp³-hybridized carbons (Fsp3) is 0.605. The summed E-state index contributed by atoms with van der Waals surface area (Å²) in [6.45, 7) is 5.74. The quantitative estimate of drug-likeness (QED) is 0.0215. The number of esters is 3. The van der Waals surface area contributed by atoms with Crippen LogP contribution in [0.1, 0.15) is 135 Å². The number of hydrogen-bond donors (Lipinski definition) is 2. The first-order valence-corrected chi connectivity index (χ1v) is 26.7. The van der Waals surface area contributed by atoms with Crippen LogP contribution in [0.3, 0.4) is 0 Å². The smallest absolute Gasteiger partial charge is 0.309 e. The number of hydrogen-bond acceptors (Lipinski definition) is 8. The maximum absolute atomic E-state index is 13.5. The van der Waals surface area contributed by atoms with Crippen LogP contribution in [0.5, 0.6) is 0 Å². The molecule has 0 aliphatic carbocycles.